The van der Waals surface area contributed by atoms with E-state index in [9.17, 15) is 8.42 Å². The molecule has 0 radical (unpaired) electrons. The third kappa shape index (κ3) is 4.00. The van der Waals surface area contributed by atoms with Gasteiger partial charge in [-0.05, 0) is 55.5 Å². The van der Waals surface area contributed by atoms with Gasteiger partial charge in [0.2, 0.25) is 15.9 Å². The zero-order chi connectivity index (χ0) is 18.0. The van der Waals surface area contributed by atoms with Crippen LogP contribution in [0.15, 0.2) is 45.0 Å². The molecule has 132 valence electrons. The lowest BCUT2D eigenvalue weighted by atomic mass is 10.1. The minimum absolute atomic E-state index is 0.270. The van der Waals surface area contributed by atoms with Crippen molar-refractivity contribution in [1.29, 1.82) is 0 Å². The van der Waals surface area contributed by atoms with Gasteiger partial charge in [-0.25, -0.2) is 18.1 Å². The number of aryl methyl sites for hydroxylation is 3. The summed E-state index contributed by atoms with van der Waals surface area (Å²) in [6.45, 7) is 5.97. The maximum Gasteiger partial charge on any atom is 0.240 e. The highest BCUT2D eigenvalue weighted by atomic mass is 32.2. The highest BCUT2D eigenvalue weighted by Crippen LogP contribution is 2.26. The van der Waals surface area contributed by atoms with Crippen LogP contribution in [0.2, 0.25) is 0 Å². The fraction of sp³-hybridized carbons (Fsp3) is 0.278. The Morgan fingerprint density at radius 2 is 1.96 bits per heavy atom. The number of rotatable bonds is 6. The lowest BCUT2D eigenvalue weighted by Crippen LogP contribution is -2.26. The molecule has 25 heavy (non-hydrogen) atoms. The van der Waals surface area contributed by atoms with Crippen molar-refractivity contribution >= 4 is 21.4 Å². The summed E-state index contributed by atoms with van der Waals surface area (Å²) < 4.78 is 33.1. The molecule has 0 fully saturated rings. The van der Waals surface area contributed by atoms with E-state index in [0.29, 0.717) is 18.1 Å². The Labute approximate surface area is 151 Å². The van der Waals surface area contributed by atoms with Gasteiger partial charge < -0.3 is 4.42 Å². The molecule has 0 aliphatic carbocycles. The average molecular weight is 377 g/mol. The van der Waals surface area contributed by atoms with E-state index in [4.69, 9.17) is 4.42 Å². The lowest BCUT2D eigenvalue weighted by Gasteiger charge is -2.08. The van der Waals surface area contributed by atoms with Gasteiger partial charge in [-0.2, -0.15) is 0 Å². The van der Waals surface area contributed by atoms with Crippen LogP contribution in [-0.4, -0.2) is 19.9 Å². The fourth-order valence-electron chi connectivity index (χ4n) is 2.43. The second-order valence-electron chi connectivity index (χ2n) is 5.89. The number of hydrogen-bond donors (Lipinski definition) is 1. The molecule has 1 N–H and O–H groups in total. The average Bonchev–Trinajstić information content (AvgIpc) is 3.20. The second kappa shape index (κ2) is 7.11. The van der Waals surface area contributed by atoms with Crippen LogP contribution >= 0.6 is 11.3 Å². The Kier molecular flexibility index (Phi) is 5.08. The van der Waals surface area contributed by atoms with Gasteiger partial charge in [0, 0.05) is 13.0 Å². The maximum absolute atomic E-state index is 12.4. The molecule has 0 saturated heterocycles. The molecule has 0 aliphatic heterocycles. The molecule has 0 bridgehead atoms. The topological polar surface area (TPSA) is 72.2 Å². The summed E-state index contributed by atoms with van der Waals surface area (Å²) in [5.41, 5.74) is 2.79. The molecule has 0 aliphatic rings. The van der Waals surface area contributed by atoms with E-state index in [0.717, 1.165) is 21.7 Å². The molecule has 3 aromatic rings. The first kappa shape index (κ1) is 17.8. The standard InChI is InChI=1S/C18H20N2O3S2/c1-12-6-7-15(11-13(12)2)25(21,22)19-9-8-16-14(3)23-18(20-16)17-5-4-10-24-17/h4-7,10-11,19H,8-9H2,1-3H3. The SMILES string of the molecule is Cc1ccc(S(=O)(=O)NCCc2nc(-c3cccs3)oc2C)cc1C. The molecule has 0 unspecified atom stereocenters. The summed E-state index contributed by atoms with van der Waals surface area (Å²) in [5.74, 6) is 1.30. The Hall–Kier alpha value is -1.96. The van der Waals surface area contributed by atoms with Gasteiger partial charge in [-0.3, -0.25) is 0 Å². The zero-order valence-corrected chi connectivity index (χ0v) is 16.0. The second-order valence-corrected chi connectivity index (χ2v) is 8.61. The number of nitrogens with one attached hydrogen (secondary N) is 1. The first-order chi connectivity index (χ1) is 11.9. The van der Waals surface area contributed by atoms with E-state index in [-0.39, 0.29) is 11.4 Å². The van der Waals surface area contributed by atoms with E-state index in [1.54, 1.807) is 23.5 Å². The molecule has 0 saturated carbocycles. The van der Waals surface area contributed by atoms with Crippen molar-refractivity contribution in [3.05, 3.63) is 58.3 Å². The Morgan fingerprint density at radius 1 is 1.16 bits per heavy atom. The molecule has 1 aromatic carbocycles. The van der Waals surface area contributed by atoms with Crippen LogP contribution in [0.3, 0.4) is 0 Å². The predicted molar refractivity (Wildman–Crippen MR) is 99.4 cm³/mol. The first-order valence-corrected chi connectivity index (χ1v) is 10.3. The van der Waals surface area contributed by atoms with Crippen molar-refractivity contribution in [2.45, 2.75) is 32.1 Å². The number of nitrogens with zero attached hydrogens (tertiary/aromatic N) is 1. The van der Waals surface area contributed by atoms with Gasteiger partial charge in [-0.1, -0.05) is 12.1 Å². The number of thiophene rings is 1. The van der Waals surface area contributed by atoms with Gasteiger partial charge in [0.25, 0.3) is 0 Å². The molecule has 7 heteroatoms. The number of sulfonamides is 1. The van der Waals surface area contributed by atoms with E-state index >= 15 is 0 Å². The third-order valence-corrected chi connectivity index (χ3v) is 6.38. The van der Waals surface area contributed by atoms with Crippen molar-refractivity contribution in [3.63, 3.8) is 0 Å². The number of oxazole rings is 1. The van der Waals surface area contributed by atoms with Gasteiger partial charge in [0.15, 0.2) is 0 Å². The van der Waals surface area contributed by atoms with Crippen LogP contribution in [0.5, 0.6) is 0 Å². The molecule has 0 amide bonds. The van der Waals surface area contributed by atoms with E-state index in [1.165, 1.54) is 0 Å². The van der Waals surface area contributed by atoms with Crippen LogP contribution < -0.4 is 4.72 Å². The maximum atomic E-state index is 12.4. The number of aromatic nitrogens is 1. The van der Waals surface area contributed by atoms with Crippen LogP contribution in [0, 0.1) is 20.8 Å². The zero-order valence-electron chi connectivity index (χ0n) is 14.4. The van der Waals surface area contributed by atoms with Crippen molar-refractivity contribution in [1.82, 2.24) is 9.71 Å². The summed E-state index contributed by atoms with van der Waals surface area (Å²) in [4.78, 5) is 5.73. The smallest absolute Gasteiger partial charge is 0.240 e. The molecule has 2 aromatic heterocycles. The molecule has 0 spiro atoms. The summed E-state index contributed by atoms with van der Waals surface area (Å²) >= 11 is 1.56. The minimum Gasteiger partial charge on any atom is -0.440 e. The van der Waals surface area contributed by atoms with Crippen molar-refractivity contribution in [2.24, 2.45) is 0 Å². The van der Waals surface area contributed by atoms with Crippen LogP contribution in [0.25, 0.3) is 10.8 Å². The molecule has 0 atom stereocenters. The molecule has 3 rings (SSSR count). The number of hydrogen-bond acceptors (Lipinski definition) is 5. The van der Waals surface area contributed by atoms with Gasteiger partial charge in [-0.15, -0.1) is 11.3 Å². The highest BCUT2D eigenvalue weighted by Gasteiger charge is 2.16. The first-order valence-electron chi connectivity index (χ1n) is 7.94. The number of benzene rings is 1. The highest BCUT2D eigenvalue weighted by molar-refractivity contribution is 7.89. The molecule has 5 nitrogen and oxygen atoms in total. The van der Waals surface area contributed by atoms with Crippen LogP contribution in [0.4, 0.5) is 0 Å². The molecule has 2 heterocycles. The molecular formula is C18H20N2O3S2. The third-order valence-electron chi connectivity index (χ3n) is 4.07. The van der Waals surface area contributed by atoms with Gasteiger partial charge in [0.1, 0.15) is 5.76 Å². The monoisotopic (exact) mass is 376 g/mol. The predicted octanol–water partition coefficient (Wildman–Crippen LogP) is 3.85. The Balaban J connectivity index is 1.67. The summed E-state index contributed by atoms with van der Waals surface area (Å²) in [6, 6.07) is 9.02. The van der Waals surface area contributed by atoms with E-state index in [2.05, 4.69) is 9.71 Å². The van der Waals surface area contributed by atoms with Crippen molar-refractivity contribution in [3.8, 4) is 10.8 Å². The minimum atomic E-state index is -3.53. The van der Waals surface area contributed by atoms with Crippen molar-refractivity contribution in [2.75, 3.05) is 6.54 Å². The lowest BCUT2D eigenvalue weighted by molar-refractivity contribution is 0.539. The Morgan fingerprint density at radius 3 is 2.64 bits per heavy atom. The molecular weight excluding hydrogens is 356 g/mol. The van der Waals surface area contributed by atoms with E-state index in [1.807, 2.05) is 44.4 Å². The van der Waals surface area contributed by atoms with Crippen LogP contribution in [0.1, 0.15) is 22.6 Å². The quantitative estimate of drug-likeness (QED) is 0.709. The largest absolute Gasteiger partial charge is 0.440 e. The summed E-state index contributed by atoms with van der Waals surface area (Å²) in [5, 5.41) is 1.96. The van der Waals surface area contributed by atoms with Crippen LogP contribution in [-0.2, 0) is 16.4 Å². The van der Waals surface area contributed by atoms with E-state index < -0.39 is 10.0 Å². The van der Waals surface area contributed by atoms with Crippen molar-refractivity contribution < 1.29 is 12.8 Å². The van der Waals surface area contributed by atoms with Gasteiger partial charge >= 0.3 is 0 Å². The fourth-order valence-corrected chi connectivity index (χ4v) is 4.20. The summed E-state index contributed by atoms with van der Waals surface area (Å²) in [7, 11) is -3.53. The normalized spacial score (nSPS) is 11.8. The van der Waals surface area contributed by atoms with Gasteiger partial charge in [0.05, 0.1) is 15.5 Å². The Bertz CT molecular complexity index is 974. The summed E-state index contributed by atoms with van der Waals surface area (Å²) in [6.07, 6.45) is 0.477.